The molecule has 0 unspecified atom stereocenters. The molecule has 2 aromatic heterocycles. The van der Waals surface area contributed by atoms with Crippen molar-refractivity contribution >= 4 is 39.4 Å². The van der Waals surface area contributed by atoms with E-state index in [0.29, 0.717) is 31.6 Å². The summed E-state index contributed by atoms with van der Waals surface area (Å²) in [6.45, 7) is 4.75. The van der Waals surface area contributed by atoms with Gasteiger partial charge < -0.3 is 9.88 Å². The average molecular weight is 438 g/mol. The molecule has 1 aromatic carbocycles. The van der Waals surface area contributed by atoms with Crippen molar-refractivity contribution in [3.63, 3.8) is 0 Å². The maximum Gasteiger partial charge on any atom is 0.274 e. The van der Waals surface area contributed by atoms with Gasteiger partial charge in [0.25, 0.3) is 5.56 Å². The van der Waals surface area contributed by atoms with Crippen molar-refractivity contribution in [2.45, 2.75) is 46.1 Å². The fourth-order valence-corrected chi connectivity index (χ4v) is 4.45. The lowest BCUT2D eigenvalue weighted by molar-refractivity contribution is -0.116. The molecule has 1 N–H and O–H groups in total. The summed E-state index contributed by atoms with van der Waals surface area (Å²) in [5.41, 5.74) is 2.25. The number of rotatable bonds is 10. The summed E-state index contributed by atoms with van der Waals surface area (Å²) < 4.78 is 2.75. The Bertz CT molecular complexity index is 1140. The number of fused-ring (bicyclic) bond motifs is 1. The van der Waals surface area contributed by atoms with E-state index in [-0.39, 0.29) is 23.6 Å². The number of nitrogens with zero attached hydrogens (tertiary/aromatic N) is 2. The van der Waals surface area contributed by atoms with Crippen LogP contribution < -0.4 is 10.9 Å². The Kier molecular flexibility index (Phi) is 7.89. The number of nitrogens with one attached hydrogen (secondary N) is 1. The summed E-state index contributed by atoms with van der Waals surface area (Å²) in [7, 11) is 0. The number of pyridine rings is 1. The van der Waals surface area contributed by atoms with Gasteiger partial charge in [0.2, 0.25) is 5.91 Å². The van der Waals surface area contributed by atoms with Crippen LogP contribution in [0.15, 0.2) is 53.5 Å². The highest BCUT2D eigenvalue weighted by molar-refractivity contribution is 7.18. The molecule has 3 rings (SSSR count). The van der Waals surface area contributed by atoms with E-state index in [2.05, 4.69) is 25.2 Å². The Balaban J connectivity index is 1.72. The normalized spacial score (nSPS) is 11.5. The Labute approximate surface area is 185 Å². The molecule has 0 spiro atoms. The fraction of sp³-hybridized carbons (Fsp3) is 0.333. The lowest BCUT2D eigenvalue weighted by atomic mass is 10.0. The van der Waals surface area contributed by atoms with Gasteiger partial charge in [-0.3, -0.25) is 14.4 Å². The van der Waals surface area contributed by atoms with Gasteiger partial charge in [0.05, 0.1) is 16.8 Å². The number of amides is 1. The minimum atomic E-state index is -0.252. The first kappa shape index (κ1) is 22.6. The van der Waals surface area contributed by atoms with Gasteiger partial charge in [-0.05, 0) is 55.0 Å². The van der Waals surface area contributed by atoms with Gasteiger partial charge in [0, 0.05) is 12.6 Å². The maximum absolute atomic E-state index is 12.8. The number of anilines is 1. The second kappa shape index (κ2) is 10.8. The molecule has 0 atom stereocenters. The van der Waals surface area contributed by atoms with Crippen molar-refractivity contribution in [1.29, 1.82) is 0 Å². The van der Waals surface area contributed by atoms with Crippen molar-refractivity contribution < 1.29 is 9.59 Å². The molecule has 31 heavy (non-hydrogen) atoms. The third-order valence-corrected chi connectivity index (χ3v) is 5.89. The van der Waals surface area contributed by atoms with E-state index in [1.807, 2.05) is 12.1 Å². The molecule has 0 fully saturated rings. The predicted molar refractivity (Wildman–Crippen MR) is 126 cm³/mol. The van der Waals surface area contributed by atoms with E-state index in [0.717, 1.165) is 16.9 Å². The zero-order valence-electron chi connectivity index (χ0n) is 17.8. The second-order valence-electron chi connectivity index (χ2n) is 7.83. The number of carbonyl (C=O) groups excluding carboxylic acids is 2. The first-order chi connectivity index (χ1) is 15.0. The number of unbranched alkanes of at least 4 members (excludes halogenated alkanes) is 1. The topological polar surface area (TPSA) is 81.1 Å². The molecule has 3 aromatic rings. The van der Waals surface area contributed by atoms with Crippen molar-refractivity contribution in [1.82, 2.24) is 9.55 Å². The van der Waals surface area contributed by atoms with Crippen LogP contribution in [0.5, 0.6) is 0 Å². The minimum Gasteiger partial charge on any atom is -0.321 e. The SMILES string of the molecule is CC(C)Cc1cccc2nc(Cn3cccc(NC(=O)CCC/C=C/C=O)c3=O)sc12. The molecule has 0 aliphatic rings. The number of thiazole rings is 1. The molecule has 0 saturated heterocycles. The van der Waals surface area contributed by atoms with Gasteiger partial charge >= 0.3 is 0 Å². The van der Waals surface area contributed by atoms with Crippen LogP contribution in [0, 0.1) is 5.92 Å². The lowest BCUT2D eigenvalue weighted by Crippen LogP contribution is -2.25. The van der Waals surface area contributed by atoms with E-state index < -0.39 is 0 Å². The largest absolute Gasteiger partial charge is 0.321 e. The first-order valence-electron chi connectivity index (χ1n) is 10.4. The molecular weight excluding hydrogens is 410 g/mol. The smallest absolute Gasteiger partial charge is 0.274 e. The van der Waals surface area contributed by atoms with E-state index >= 15 is 0 Å². The number of hydrogen-bond acceptors (Lipinski definition) is 5. The fourth-order valence-electron chi connectivity index (χ4n) is 3.37. The highest BCUT2D eigenvalue weighted by atomic mass is 32.1. The Morgan fingerprint density at radius 3 is 2.87 bits per heavy atom. The quantitative estimate of drug-likeness (QED) is 0.286. The number of benzene rings is 1. The number of carbonyl (C=O) groups is 2. The summed E-state index contributed by atoms with van der Waals surface area (Å²) in [6, 6.07) is 9.54. The first-order valence-corrected chi connectivity index (χ1v) is 11.3. The average Bonchev–Trinajstić information content (AvgIpc) is 3.14. The molecule has 0 aliphatic carbocycles. The van der Waals surface area contributed by atoms with Crippen LogP contribution >= 0.6 is 11.3 Å². The van der Waals surface area contributed by atoms with E-state index in [1.165, 1.54) is 16.3 Å². The van der Waals surface area contributed by atoms with Crippen LogP contribution in [0.1, 0.15) is 43.7 Å². The molecule has 162 valence electrons. The third-order valence-electron chi connectivity index (χ3n) is 4.76. The zero-order chi connectivity index (χ0) is 22.2. The van der Waals surface area contributed by atoms with Crippen molar-refractivity contribution in [3.05, 3.63) is 69.6 Å². The van der Waals surface area contributed by atoms with Gasteiger partial charge in [-0.25, -0.2) is 4.98 Å². The Morgan fingerprint density at radius 1 is 1.26 bits per heavy atom. The molecule has 6 nitrogen and oxygen atoms in total. The van der Waals surface area contributed by atoms with Crippen LogP contribution in [-0.2, 0) is 22.6 Å². The summed E-state index contributed by atoms with van der Waals surface area (Å²) in [5.74, 6) is 0.341. The van der Waals surface area contributed by atoms with Gasteiger partial charge in [0.15, 0.2) is 0 Å². The second-order valence-corrected chi connectivity index (χ2v) is 8.91. The molecule has 1 amide bonds. The van der Waals surface area contributed by atoms with Crippen LogP contribution in [0.25, 0.3) is 10.2 Å². The van der Waals surface area contributed by atoms with Crippen LogP contribution in [0.4, 0.5) is 5.69 Å². The minimum absolute atomic E-state index is 0.215. The summed E-state index contributed by atoms with van der Waals surface area (Å²) in [4.78, 5) is 39.9. The molecule has 0 aliphatic heterocycles. The lowest BCUT2D eigenvalue weighted by Gasteiger charge is -2.08. The number of aldehydes is 1. The molecule has 0 saturated carbocycles. The van der Waals surface area contributed by atoms with Crippen LogP contribution in [-0.4, -0.2) is 21.7 Å². The summed E-state index contributed by atoms with van der Waals surface area (Å²) in [6.07, 6.45) is 8.09. The number of aromatic nitrogens is 2. The number of hydrogen-bond donors (Lipinski definition) is 1. The molecular formula is C24H27N3O3S. The Hall–Kier alpha value is -3.06. The number of allylic oxidation sites excluding steroid dienone is 2. The van der Waals surface area contributed by atoms with Gasteiger partial charge in [-0.2, -0.15) is 0 Å². The highest BCUT2D eigenvalue weighted by Gasteiger charge is 2.12. The molecule has 2 heterocycles. The van der Waals surface area contributed by atoms with Crippen LogP contribution in [0.3, 0.4) is 0 Å². The van der Waals surface area contributed by atoms with Gasteiger partial charge in [-0.1, -0.05) is 32.1 Å². The Morgan fingerprint density at radius 2 is 2.10 bits per heavy atom. The summed E-state index contributed by atoms with van der Waals surface area (Å²) in [5, 5.41) is 3.56. The van der Waals surface area contributed by atoms with Gasteiger partial charge in [-0.15, -0.1) is 11.3 Å². The van der Waals surface area contributed by atoms with Crippen molar-refractivity contribution in [3.8, 4) is 0 Å². The zero-order valence-corrected chi connectivity index (χ0v) is 18.7. The summed E-state index contributed by atoms with van der Waals surface area (Å²) >= 11 is 1.62. The van der Waals surface area contributed by atoms with E-state index in [1.54, 1.807) is 40.3 Å². The van der Waals surface area contributed by atoms with Crippen molar-refractivity contribution in [2.75, 3.05) is 5.32 Å². The molecule has 7 heteroatoms. The standard InChI is InChI=1S/C24H27N3O3S/c1-17(2)15-18-9-7-10-19-23(18)31-22(26-19)16-27-13-8-11-20(24(27)30)25-21(29)12-5-3-4-6-14-28/h4,6-11,13-14,17H,3,5,12,15-16H2,1-2H3,(H,25,29)/b6-4+. The van der Waals surface area contributed by atoms with E-state index in [9.17, 15) is 14.4 Å². The monoisotopic (exact) mass is 437 g/mol. The molecule has 0 bridgehead atoms. The maximum atomic E-state index is 12.8. The van der Waals surface area contributed by atoms with Gasteiger partial charge in [0.1, 0.15) is 17.0 Å². The molecule has 0 radical (unpaired) electrons. The highest BCUT2D eigenvalue weighted by Crippen LogP contribution is 2.28. The van der Waals surface area contributed by atoms with Crippen LogP contribution in [0.2, 0.25) is 0 Å². The van der Waals surface area contributed by atoms with Crippen molar-refractivity contribution in [2.24, 2.45) is 5.92 Å². The third kappa shape index (κ3) is 6.21. The predicted octanol–water partition coefficient (Wildman–Crippen LogP) is 4.57. The van der Waals surface area contributed by atoms with E-state index in [4.69, 9.17) is 4.98 Å².